The predicted octanol–water partition coefficient (Wildman–Crippen LogP) is 4.44. The highest BCUT2D eigenvalue weighted by Crippen LogP contribution is 2.40. The number of hydrogen-bond acceptors (Lipinski definition) is 4. The lowest BCUT2D eigenvalue weighted by molar-refractivity contribution is 0.324. The molecule has 1 atom stereocenters. The maximum Gasteiger partial charge on any atom is 0.203 e. The summed E-state index contributed by atoms with van der Waals surface area (Å²) in [5.74, 6) is 1.83. The van der Waals surface area contributed by atoms with E-state index in [1.807, 2.05) is 36.4 Å². The molecule has 0 saturated heterocycles. The van der Waals surface area contributed by atoms with Gasteiger partial charge in [0.15, 0.2) is 11.5 Å². The second kappa shape index (κ2) is 8.13. The Balaban J connectivity index is 2.34. The van der Waals surface area contributed by atoms with E-state index in [9.17, 15) is 0 Å². The Bertz CT molecular complexity index is 615. The second-order valence-electron chi connectivity index (χ2n) is 5.05. The van der Waals surface area contributed by atoms with Crippen molar-refractivity contribution in [3.05, 3.63) is 60.7 Å². The SMILES string of the molecule is C=CCC(Nc1cc(OC)c(OC)c(OC)c1)c1ccccc1. The number of benzene rings is 2. The summed E-state index contributed by atoms with van der Waals surface area (Å²) in [5.41, 5.74) is 2.09. The Labute approximate surface area is 137 Å². The minimum atomic E-state index is 0.122. The van der Waals surface area contributed by atoms with E-state index < -0.39 is 0 Å². The van der Waals surface area contributed by atoms with E-state index in [4.69, 9.17) is 14.2 Å². The lowest BCUT2D eigenvalue weighted by Gasteiger charge is -2.21. The van der Waals surface area contributed by atoms with Crippen molar-refractivity contribution in [2.75, 3.05) is 26.6 Å². The molecule has 1 N–H and O–H groups in total. The molecular weight excluding hydrogens is 290 g/mol. The van der Waals surface area contributed by atoms with Crippen molar-refractivity contribution in [1.29, 1.82) is 0 Å². The molecule has 0 aromatic heterocycles. The zero-order chi connectivity index (χ0) is 16.7. The van der Waals surface area contributed by atoms with E-state index in [1.165, 1.54) is 5.56 Å². The molecular formula is C19H23NO3. The van der Waals surface area contributed by atoms with Crippen LogP contribution >= 0.6 is 0 Å². The van der Waals surface area contributed by atoms with Crippen molar-refractivity contribution < 1.29 is 14.2 Å². The van der Waals surface area contributed by atoms with Gasteiger partial charge in [-0.3, -0.25) is 0 Å². The number of anilines is 1. The van der Waals surface area contributed by atoms with Gasteiger partial charge in [-0.2, -0.15) is 0 Å². The average molecular weight is 313 g/mol. The highest BCUT2D eigenvalue weighted by Gasteiger charge is 2.16. The van der Waals surface area contributed by atoms with Gasteiger partial charge in [-0.25, -0.2) is 0 Å². The number of rotatable bonds is 8. The molecule has 4 heteroatoms. The molecule has 0 spiro atoms. The number of hydrogen-bond donors (Lipinski definition) is 1. The first-order valence-corrected chi connectivity index (χ1v) is 7.45. The summed E-state index contributed by atoms with van der Waals surface area (Å²) in [6.45, 7) is 3.85. The largest absolute Gasteiger partial charge is 0.493 e. The number of nitrogens with one attached hydrogen (secondary N) is 1. The van der Waals surface area contributed by atoms with Crippen LogP contribution in [-0.2, 0) is 0 Å². The Hall–Kier alpha value is -2.62. The summed E-state index contributed by atoms with van der Waals surface area (Å²) in [6, 6.07) is 14.2. The van der Waals surface area contributed by atoms with E-state index in [0.717, 1.165) is 12.1 Å². The molecule has 0 heterocycles. The first-order valence-electron chi connectivity index (χ1n) is 7.45. The molecule has 2 aromatic carbocycles. The molecule has 23 heavy (non-hydrogen) atoms. The third kappa shape index (κ3) is 3.97. The molecule has 0 bridgehead atoms. The van der Waals surface area contributed by atoms with Crippen LogP contribution in [0.15, 0.2) is 55.1 Å². The minimum Gasteiger partial charge on any atom is -0.493 e. The van der Waals surface area contributed by atoms with Crippen molar-refractivity contribution in [3.8, 4) is 17.2 Å². The van der Waals surface area contributed by atoms with Gasteiger partial charge in [0.2, 0.25) is 5.75 Å². The van der Waals surface area contributed by atoms with Gasteiger partial charge in [-0.15, -0.1) is 6.58 Å². The van der Waals surface area contributed by atoms with Crippen LogP contribution in [0, 0.1) is 0 Å². The van der Waals surface area contributed by atoms with E-state index in [1.54, 1.807) is 21.3 Å². The maximum atomic E-state index is 5.40. The van der Waals surface area contributed by atoms with Gasteiger partial charge >= 0.3 is 0 Å². The maximum absolute atomic E-state index is 5.40. The summed E-state index contributed by atoms with van der Waals surface area (Å²) in [4.78, 5) is 0. The van der Waals surface area contributed by atoms with Crippen LogP contribution in [-0.4, -0.2) is 21.3 Å². The topological polar surface area (TPSA) is 39.7 Å². The molecule has 2 rings (SSSR count). The summed E-state index contributed by atoms with van der Waals surface area (Å²) in [5, 5.41) is 3.51. The van der Waals surface area contributed by atoms with Crippen molar-refractivity contribution >= 4 is 5.69 Å². The lowest BCUT2D eigenvalue weighted by atomic mass is 10.0. The molecule has 0 fully saturated rings. The first-order chi connectivity index (χ1) is 11.2. The first kappa shape index (κ1) is 16.7. The van der Waals surface area contributed by atoms with Crippen LogP contribution in [0.3, 0.4) is 0 Å². The van der Waals surface area contributed by atoms with Crippen molar-refractivity contribution in [1.82, 2.24) is 0 Å². The third-order valence-corrected chi connectivity index (χ3v) is 3.61. The fourth-order valence-corrected chi connectivity index (χ4v) is 2.50. The fraction of sp³-hybridized carbons (Fsp3) is 0.263. The molecule has 122 valence electrons. The molecule has 0 aliphatic carbocycles. The normalized spacial score (nSPS) is 11.4. The van der Waals surface area contributed by atoms with Crippen molar-refractivity contribution in [2.24, 2.45) is 0 Å². The van der Waals surface area contributed by atoms with Gasteiger partial charge in [-0.05, 0) is 12.0 Å². The van der Waals surface area contributed by atoms with Crippen molar-refractivity contribution in [2.45, 2.75) is 12.5 Å². The molecule has 0 amide bonds. The van der Waals surface area contributed by atoms with E-state index >= 15 is 0 Å². The zero-order valence-corrected chi connectivity index (χ0v) is 13.8. The van der Waals surface area contributed by atoms with Crippen LogP contribution in [0.2, 0.25) is 0 Å². The molecule has 0 radical (unpaired) electrons. The van der Waals surface area contributed by atoms with Gasteiger partial charge in [0.1, 0.15) is 0 Å². The van der Waals surface area contributed by atoms with Crippen LogP contribution in [0.4, 0.5) is 5.69 Å². The second-order valence-corrected chi connectivity index (χ2v) is 5.05. The third-order valence-electron chi connectivity index (χ3n) is 3.61. The highest BCUT2D eigenvalue weighted by molar-refractivity contribution is 5.63. The number of ether oxygens (including phenoxy) is 3. The Morgan fingerprint density at radius 2 is 1.61 bits per heavy atom. The Kier molecular flexibility index (Phi) is 5.92. The van der Waals surface area contributed by atoms with Gasteiger partial charge in [-0.1, -0.05) is 36.4 Å². The summed E-state index contributed by atoms with van der Waals surface area (Å²) in [7, 11) is 4.82. The predicted molar refractivity (Wildman–Crippen MR) is 93.7 cm³/mol. The van der Waals surface area contributed by atoms with Crippen LogP contribution in [0.5, 0.6) is 17.2 Å². The molecule has 0 aliphatic heterocycles. The standard InChI is InChI=1S/C19H23NO3/c1-5-9-16(14-10-7-6-8-11-14)20-15-12-17(21-2)19(23-4)18(13-15)22-3/h5-8,10-13,16,20H,1,9H2,2-4H3. The van der Waals surface area contributed by atoms with Gasteiger partial charge in [0.25, 0.3) is 0 Å². The van der Waals surface area contributed by atoms with Gasteiger partial charge in [0.05, 0.1) is 27.4 Å². The Morgan fingerprint density at radius 1 is 1.00 bits per heavy atom. The van der Waals surface area contributed by atoms with E-state index in [2.05, 4.69) is 24.0 Å². The van der Waals surface area contributed by atoms with Crippen molar-refractivity contribution in [3.63, 3.8) is 0 Å². The summed E-state index contributed by atoms with van der Waals surface area (Å²) >= 11 is 0. The quantitative estimate of drug-likeness (QED) is 0.731. The molecule has 2 aromatic rings. The van der Waals surface area contributed by atoms with Gasteiger partial charge in [0, 0.05) is 17.8 Å². The van der Waals surface area contributed by atoms with E-state index in [0.29, 0.717) is 17.2 Å². The molecule has 0 aliphatic rings. The molecule has 1 unspecified atom stereocenters. The zero-order valence-electron chi connectivity index (χ0n) is 13.8. The fourth-order valence-electron chi connectivity index (χ4n) is 2.50. The van der Waals surface area contributed by atoms with Crippen LogP contribution < -0.4 is 19.5 Å². The average Bonchev–Trinajstić information content (AvgIpc) is 2.61. The van der Waals surface area contributed by atoms with Crippen LogP contribution in [0.1, 0.15) is 18.0 Å². The van der Waals surface area contributed by atoms with Crippen LogP contribution in [0.25, 0.3) is 0 Å². The minimum absolute atomic E-state index is 0.122. The lowest BCUT2D eigenvalue weighted by Crippen LogP contribution is -2.10. The molecule has 0 saturated carbocycles. The summed E-state index contributed by atoms with van der Waals surface area (Å²) < 4.78 is 16.2. The molecule has 4 nitrogen and oxygen atoms in total. The summed E-state index contributed by atoms with van der Waals surface area (Å²) in [6.07, 6.45) is 2.71. The highest BCUT2D eigenvalue weighted by atomic mass is 16.5. The Morgan fingerprint density at radius 3 is 2.09 bits per heavy atom. The van der Waals surface area contributed by atoms with E-state index in [-0.39, 0.29) is 6.04 Å². The van der Waals surface area contributed by atoms with Gasteiger partial charge < -0.3 is 19.5 Å². The number of methoxy groups -OCH3 is 3. The monoisotopic (exact) mass is 313 g/mol. The smallest absolute Gasteiger partial charge is 0.203 e.